The van der Waals surface area contributed by atoms with Crippen molar-refractivity contribution in [3.05, 3.63) is 128 Å². The van der Waals surface area contributed by atoms with Crippen LogP contribution in [0.25, 0.3) is 0 Å². The van der Waals surface area contributed by atoms with E-state index >= 15 is 0 Å². The Kier molecular flexibility index (Phi) is 7.58. The Labute approximate surface area is 219 Å². The van der Waals surface area contributed by atoms with Gasteiger partial charge in [0.05, 0.1) is 0 Å². The van der Waals surface area contributed by atoms with Crippen molar-refractivity contribution in [3.63, 3.8) is 0 Å². The molecular weight excluding hydrogens is 456 g/mol. The molecule has 0 aliphatic heterocycles. The first kappa shape index (κ1) is 25.9. The molecule has 4 aromatic rings. The Morgan fingerprint density at radius 3 is 1.24 bits per heavy atom. The zero-order valence-corrected chi connectivity index (χ0v) is 22.5. The van der Waals surface area contributed by atoms with E-state index in [9.17, 15) is 9.59 Å². The predicted octanol–water partition coefficient (Wildman–Crippen LogP) is 7.63. The second kappa shape index (κ2) is 10.8. The minimum atomic E-state index is -0.104. The molecule has 0 aliphatic carbocycles. The molecule has 4 nitrogen and oxygen atoms in total. The van der Waals surface area contributed by atoms with Gasteiger partial charge >= 0.3 is 0 Å². The van der Waals surface area contributed by atoms with E-state index in [0.29, 0.717) is 11.1 Å². The van der Waals surface area contributed by atoms with Crippen LogP contribution in [0.1, 0.15) is 65.2 Å². The first-order valence-corrected chi connectivity index (χ1v) is 12.6. The fourth-order valence-corrected chi connectivity index (χ4v) is 4.34. The molecule has 188 valence electrons. The molecular formula is C33H34N2O2. The number of carbonyl (C=O) groups is 2. The molecule has 37 heavy (non-hydrogen) atoms. The number of amides is 2. The highest BCUT2D eigenvalue weighted by atomic mass is 16.2. The monoisotopic (exact) mass is 490 g/mol. The first-order chi connectivity index (χ1) is 17.6. The van der Waals surface area contributed by atoms with Crippen LogP contribution in [0.3, 0.4) is 0 Å². The van der Waals surface area contributed by atoms with E-state index in [0.717, 1.165) is 51.2 Å². The lowest BCUT2D eigenvalue weighted by molar-refractivity contribution is 0.101. The van der Waals surface area contributed by atoms with Gasteiger partial charge in [0.25, 0.3) is 11.8 Å². The summed E-state index contributed by atoms with van der Waals surface area (Å²) in [5, 5.41) is 6.08. The Balaban J connectivity index is 1.42. The van der Waals surface area contributed by atoms with Crippen LogP contribution in [-0.2, 0) is 6.42 Å². The number of carbonyl (C=O) groups excluding carboxylic acids is 2. The Hall–Kier alpha value is -4.18. The maximum atomic E-state index is 12.7. The van der Waals surface area contributed by atoms with Gasteiger partial charge in [-0.05, 0) is 129 Å². The average Bonchev–Trinajstić information content (AvgIpc) is 2.85. The lowest BCUT2D eigenvalue weighted by atomic mass is 9.99. The van der Waals surface area contributed by atoms with Crippen molar-refractivity contribution in [3.8, 4) is 0 Å². The van der Waals surface area contributed by atoms with Crippen molar-refractivity contribution in [1.29, 1.82) is 0 Å². The zero-order valence-electron chi connectivity index (χ0n) is 22.5. The lowest BCUT2D eigenvalue weighted by Crippen LogP contribution is -2.13. The van der Waals surface area contributed by atoms with Crippen LogP contribution in [0.2, 0.25) is 0 Å². The molecule has 0 spiro atoms. The summed E-state index contributed by atoms with van der Waals surface area (Å²) < 4.78 is 0. The van der Waals surface area contributed by atoms with Gasteiger partial charge in [-0.15, -0.1) is 0 Å². The molecule has 0 bridgehead atoms. The molecule has 0 atom stereocenters. The summed E-state index contributed by atoms with van der Waals surface area (Å²) in [6.07, 6.45) is 0.762. The number of aryl methyl sites for hydroxylation is 6. The standard InChI is InChI=1S/C33H34N2O2/c1-20-7-11-28(17-22(20)3)32(36)34-30-13-9-26(15-24(30)5)19-27-10-14-31(25(6)16-27)35-33(37)29-12-8-21(2)23(4)18-29/h7-18H,19H2,1-6H3,(H,34,36)(H,35,37). The average molecular weight is 491 g/mol. The molecule has 2 amide bonds. The molecule has 0 saturated heterocycles. The second-order valence-electron chi connectivity index (χ2n) is 9.98. The molecule has 0 aliphatic rings. The third kappa shape index (κ3) is 6.15. The molecule has 4 heteroatoms. The SMILES string of the molecule is Cc1ccc(C(=O)Nc2ccc(Cc3ccc(NC(=O)c4ccc(C)c(C)c4)c(C)c3)cc2C)cc1C. The molecule has 0 saturated carbocycles. The van der Waals surface area contributed by atoms with Gasteiger partial charge in [-0.2, -0.15) is 0 Å². The molecule has 0 aromatic heterocycles. The largest absolute Gasteiger partial charge is 0.322 e. The van der Waals surface area contributed by atoms with Gasteiger partial charge in [-0.3, -0.25) is 9.59 Å². The molecule has 4 aromatic carbocycles. The van der Waals surface area contributed by atoms with Crippen molar-refractivity contribution in [2.75, 3.05) is 10.6 Å². The highest BCUT2D eigenvalue weighted by Crippen LogP contribution is 2.23. The van der Waals surface area contributed by atoms with E-state index in [2.05, 4.69) is 22.8 Å². The Bertz CT molecular complexity index is 1390. The Morgan fingerprint density at radius 1 is 0.486 bits per heavy atom. The van der Waals surface area contributed by atoms with Gasteiger partial charge < -0.3 is 10.6 Å². The third-order valence-electron chi connectivity index (χ3n) is 7.02. The van der Waals surface area contributed by atoms with E-state index in [1.165, 1.54) is 11.1 Å². The quantitative estimate of drug-likeness (QED) is 0.292. The predicted molar refractivity (Wildman–Crippen MR) is 153 cm³/mol. The van der Waals surface area contributed by atoms with Crippen LogP contribution in [0.5, 0.6) is 0 Å². The summed E-state index contributed by atoms with van der Waals surface area (Å²) in [5.74, 6) is -0.207. The molecule has 2 N–H and O–H groups in total. The van der Waals surface area contributed by atoms with Crippen LogP contribution >= 0.6 is 0 Å². The van der Waals surface area contributed by atoms with Gasteiger partial charge in [-0.25, -0.2) is 0 Å². The summed E-state index contributed by atoms with van der Waals surface area (Å²) in [4.78, 5) is 25.5. The van der Waals surface area contributed by atoms with E-state index in [4.69, 9.17) is 0 Å². The summed E-state index contributed by atoms with van der Waals surface area (Å²) >= 11 is 0. The number of hydrogen-bond acceptors (Lipinski definition) is 2. The van der Waals surface area contributed by atoms with Crippen molar-refractivity contribution in [2.24, 2.45) is 0 Å². The summed E-state index contributed by atoms with van der Waals surface area (Å²) in [7, 11) is 0. The van der Waals surface area contributed by atoms with E-state index in [1.807, 2.05) is 102 Å². The maximum Gasteiger partial charge on any atom is 0.255 e. The highest BCUT2D eigenvalue weighted by Gasteiger charge is 2.11. The molecule has 0 radical (unpaired) electrons. The van der Waals surface area contributed by atoms with Crippen molar-refractivity contribution < 1.29 is 9.59 Å². The van der Waals surface area contributed by atoms with Gasteiger partial charge in [0.15, 0.2) is 0 Å². The number of nitrogens with one attached hydrogen (secondary N) is 2. The highest BCUT2D eigenvalue weighted by molar-refractivity contribution is 6.05. The zero-order chi connectivity index (χ0) is 26.7. The number of hydrogen-bond donors (Lipinski definition) is 2. The minimum Gasteiger partial charge on any atom is -0.322 e. The molecule has 0 heterocycles. The molecule has 0 unspecified atom stereocenters. The second-order valence-corrected chi connectivity index (χ2v) is 9.98. The van der Waals surface area contributed by atoms with Crippen LogP contribution in [0.15, 0.2) is 72.8 Å². The maximum absolute atomic E-state index is 12.7. The number of benzene rings is 4. The lowest BCUT2D eigenvalue weighted by Gasteiger charge is -2.13. The van der Waals surface area contributed by atoms with Crippen molar-refractivity contribution in [1.82, 2.24) is 0 Å². The Morgan fingerprint density at radius 2 is 0.892 bits per heavy atom. The smallest absolute Gasteiger partial charge is 0.255 e. The molecule has 0 fully saturated rings. The fraction of sp³-hybridized carbons (Fsp3) is 0.212. The van der Waals surface area contributed by atoms with Gasteiger partial charge in [0.1, 0.15) is 0 Å². The van der Waals surface area contributed by atoms with Gasteiger partial charge in [-0.1, -0.05) is 36.4 Å². The normalized spacial score (nSPS) is 10.8. The van der Waals surface area contributed by atoms with E-state index in [1.54, 1.807) is 0 Å². The van der Waals surface area contributed by atoms with Gasteiger partial charge in [0.2, 0.25) is 0 Å². The van der Waals surface area contributed by atoms with Crippen LogP contribution in [-0.4, -0.2) is 11.8 Å². The third-order valence-corrected chi connectivity index (χ3v) is 7.02. The van der Waals surface area contributed by atoms with Gasteiger partial charge in [0, 0.05) is 22.5 Å². The topological polar surface area (TPSA) is 58.2 Å². The van der Waals surface area contributed by atoms with Crippen LogP contribution in [0.4, 0.5) is 11.4 Å². The van der Waals surface area contributed by atoms with Crippen molar-refractivity contribution in [2.45, 2.75) is 48.0 Å². The first-order valence-electron chi connectivity index (χ1n) is 12.6. The fourth-order valence-electron chi connectivity index (χ4n) is 4.34. The molecule has 4 rings (SSSR count). The number of rotatable bonds is 6. The van der Waals surface area contributed by atoms with E-state index < -0.39 is 0 Å². The summed E-state index contributed by atoms with van der Waals surface area (Å²) in [6.45, 7) is 12.1. The van der Waals surface area contributed by atoms with Crippen LogP contribution < -0.4 is 10.6 Å². The minimum absolute atomic E-state index is 0.104. The summed E-state index contributed by atoms with van der Waals surface area (Å²) in [5.41, 5.74) is 11.8. The number of anilines is 2. The van der Waals surface area contributed by atoms with Crippen LogP contribution in [0, 0.1) is 41.5 Å². The van der Waals surface area contributed by atoms with Crippen molar-refractivity contribution >= 4 is 23.2 Å². The van der Waals surface area contributed by atoms with E-state index in [-0.39, 0.29) is 11.8 Å². The summed E-state index contributed by atoms with van der Waals surface area (Å²) in [6, 6.07) is 23.8.